The molecule has 0 bridgehead atoms. The van der Waals surface area contributed by atoms with Crippen molar-refractivity contribution in [2.24, 2.45) is 5.92 Å². The highest BCUT2D eigenvalue weighted by molar-refractivity contribution is 5.92. The number of carbonyl (C=O) groups is 1. The van der Waals surface area contributed by atoms with E-state index < -0.39 is 0 Å². The Morgan fingerprint density at radius 1 is 1.39 bits per heavy atom. The standard InChI is InChI=1S/C16H19N5O2/c22-14-8-13(19-15(20-14)11-2-3-11)16(23)18-12-6-10(7-12)9-21-5-1-4-17-21/h1,4-5,8,10-12H,2-3,6-7,9H2,(H,18,23)(H,19,20,22). The summed E-state index contributed by atoms with van der Waals surface area (Å²) in [5.41, 5.74) is -0.0246. The number of nitrogens with one attached hydrogen (secondary N) is 2. The molecule has 0 unspecified atom stereocenters. The molecule has 7 heteroatoms. The fraction of sp³-hybridized carbons (Fsp3) is 0.500. The normalized spacial score (nSPS) is 23.3. The van der Waals surface area contributed by atoms with Gasteiger partial charge in [-0.2, -0.15) is 5.10 Å². The van der Waals surface area contributed by atoms with Gasteiger partial charge in [0.15, 0.2) is 0 Å². The molecule has 23 heavy (non-hydrogen) atoms. The summed E-state index contributed by atoms with van der Waals surface area (Å²) in [6.45, 7) is 0.883. The van der Waals surface area contributed by atoms with E-state index in [4.69, 9.17) is 0 Å². The minimum atomic E-state index is -0.253. The number of hydrogen-bond donors (Lipinski definition) is 2. The van der Waals surface area contributed by atoms with Gasteiger partial charge in [-0.15, -0.1) is 0 Å². The van der Waals surface area contributed by atoms with Gasteiger partial charge < -0.3 is 10.3 Å². The highest BCUT2D eigenvalue weighted by Gasteiger charge is 2.32. The number of rotatable bonds is 5. The quantitative estimate of drug-likeness (QED) is 0.863. The molecule has 2 aromatic rings. The minimum Gasteiger partial charge on any atom is -0.348 e. The number of aromatic nitrogens is 4. The molecule has 2 aliphatic rings. The lowest BCUT2D eigenvalue weighted by Gasteiger charge is -2.35. The third-order valence-electron chi connectivity index (χ3n) is 4.53. The molecule has 0 aliphatic heterocycles. The zero-order valence-electron chi connectivity index (χ0n) is 12.7. The van der Waals surface area contributed by atoms with Gasteiger partial charge in [-0.05, 0) is 37.7 Å². The summed E-state index contributed by atoms with van der Waals surface area (Å²) in [5, 5.41) is 7.17. The molecule has 0 spiro atoms. The monoisotopic (exact) mass is 313 g/mol. The zero-order valence-corrected chi connectivity index (χ0v) is 12.7. The van der Waals surface area contributed by atoms with Crippen LogP contribution in [0.25, 0.3) is 0 Å². The molecule has 0 radical (unpaired) electrons. The van der Waals surface area contributed by atoms with Crippen molar-refractivity contribution in [3.8, 4) is 0 Å². The maximum Gasteiger partial charge on any atom is 0.270 e. The maximum absolute atomic E-state index is 12.3. The highest BCUT2D eigenvalue weighted by atomic mass is 16.2. The molecule has 2 N–H and O–H groups in total. The Labute approximate surface area is 133 Å². The summed E-state index contributed by atoms with van der Waals surface area (Å²) in [6.07, 6.45) is 7.66. The van der Waals surface area contributed by atoms with Crippen molar-refractivity contribution in [3.63, 3.8) is 0 Å². The van der Waals surface area contributed by atoms with Gasteiger partial charge in [-0.3, -0.25) is 14.3 Å². The molecule has 0 saturated heterocycles. The number of hydrogen-bond acceptors (Lipinski definition) is 4. The summed E-state index contributed by atoms with van der Waals surface area (Å²) in [7, 11) is 0. The number of amides is 1. The van der Waals surface area contributed by atoms with E-state index in [1.54, 1.807) is 6.20 Å². The second-order valence-corrected chi connectivity index (χ2v) is 6.53. The third-order valence-corrected chi connectivity index (χ3v) is 4.53. The first-order valence-electron chi connectivity index (χ1n) is 8.07. The molecule has 1 amide bonds. The van der Waals surface area contributed by atoms with Crippen molar-refractivity contribution >= 4 is 5.91 Å². The van der Waals surface area contributed by atoms with E-state index >= 15 is 0 Å². The fourth-order valence-corrected chi connectivity index (χ4v) is 3.08. The predicted octanol–water partition coefficient (Wildman–Crippen LogP) is 1.05. The van der Waals surface area contributed by atoms with Crippen molar-refractivity contribution in [3.05, 3.63) is 46.4 Å². The molecule has 2 aliphatic carbocycles. The number of aromatic amines is 1. The number of H-pyrrole nitrogens is 1. The zero-order chi connectivity index (χ0) is 15.8. The Hall–Kier alpha value is -2.44. The molecular weight excluding hydrogens is 294 g/mol. The summed E-state index contributed by atoms with van der Waals surface area (Å²) < 4.78 is 1.92. The molecular formula is C16H19N5O2. The van der Waals surface area contributed by atoms with Crippen molar-refractivity contribution < 1.29 is 4.79 Å². The van der Waals surface area contributed by atoms with Gasteiger partial charge in [0, 0.05) is 37.0 Å². The van der Waals surface area contributed by atoms with Crippen LogP contribution in [0.4, 0.5) is 0 Å². The van der Waals surface area contributed by atoms with Crippen LogP contribution in [-0.4, -0.2) is 31.7 Å². The van der Waals surface area contributed by atoms with Crippen LogP contribution < -0.4 is 10.9 Å². The third kappa shape index (κ3) is 3.18. The Kier molecular flexibility index (Phi) is 3.48. The SMILES string of the molecule is O=C(NC1CC(Cn2cccn2)C1)c1cc(=O)[nH]c(C2CC2)n1. The second-order valence-electron chi connectivity index (χ2n) is 6.53. The van der Waals surface area contributed by atoms with E-state index in [0.717, 1.165) is 32.2 Å². The molecule has 4 rings (SSSR count). The van der Waals surface area contributed by atoms with Crippen LogP contribution >= 0.6 is 0 Å². The van der Waals surface area contributed by atoms with Crippen molar-refractivity contribution in [1.29, 1.82) is 0 Å². The Morgan fingerprint density at radius 3 is 2.91 bits per heavy atom. The van der Waals surface area contributed by atoms with Crippen LogP contribution in [0.2, 0.25) is 0 Å². The molecule has 0 aromatic carbocycles. The van der Waals surface area contributed by atoms with Gasteiger partial charge in [0.05, 0.1) is 0 Å². The molecule has 2 heterocycles. The van der Waals surface area contributed by atoms with Gasteiger partial charge in [0.25, 0.3) is 11.5 Å². The van der Waals surface area contributed by atoms with Crippen LogP contribution in [0.3, 0.4) is 0 Å². The number of carbonyl (C=O) groups excluding carboxylic acids is 1. The smallest absolute Gasteiger partial charge is 0.270 e. The van der Waals surface area contributed by atoms with Crippen molar-refractivity contribution in [1.82, 2.24) is 25.1 Å². The summed E-state index contributed by atoms with van der Waals surface area (Å²) >= 11 is 0. The van der Waals surface area contributed by atoms with Gasteiger partial charge in [-0.25, -0.2) is 4.98 Å². The van der Waals surface area contributed by atoms with Crippen LogP contribution in [0.1, 0.15) is 47.9 Å². The molecule has 0 atom stereocenters. The summed E-state index contributed by atoms with van der Waals surface area (Å²) in [4.78, 5) is 31.0. The predicted molar refractivity (Wildman–Crippen MR) is 83.0 cm³/mol. The van der Waals surface area contributed by atoms with Crippen LogP contribution in [0, 0.1) is 5.92 Å². The van der Waals surface area contributed by atoms with Crippen LogP contribution in [0.15, 0.2) is 29.3 Å². The lowest BCUT2D eigenvalue weighted by Crippen LogP contribution is -2.46. The molecule has 2 aromatic heterocycles. The minimum absolute atomic E-state index is 0.161. The number of nitrogens with zero attached hydrogens (tertiary/aromatic N) is 3. The van der Waals surface area contributed by atoms with Gasteiger partial charge in [0.2, 0.25) is 0 Å². The Morgan fingerprint density at radius 2 is 2.22 bits per heavy atom. The van der Waals surface area contributed by atoms with Gasteiger partial charge >= 0.3 is 0 Å². The van der Waals surface area contributed by atoms with E-state index in [1.165, 1.54) is 6.07 Å². The highest BCUT2D eigenvalue weighted by Crippen LogP contribution is 2.37. The topological polar surface area (TPSA) is 92.7 Å². The summed E-state index contributed by atoms with van der Waals surface area (Å²) in [6, 6.07) is 3.35. The average Bonchev–Trinajstić information content (AvgIpc) is 3.22. The van der Waals surface area contributed by atoms with Crippen LogP contribution in [0.5, 0.6) is 0 Å². The Balaban J connectivity index is 1.33. The largest absolute Gasteiger partial charge is 0.348 e. The molecule has 120 valence electrons. The molecule has 7 nitrogen and oxygen atoms in total. The lowest BCUT2D eigenvalue weighted by molar-refractivity contribution is 0.0874. The first-order valence-corrected chi connectivity index (χ1v) is 8.07. The Bertz CT molecular complexity index is 757. The van der Waals surface area contributed by atoms with E-state index in [9.17, 15) is 9.59 Å². The lowest BCUT2D eigenvalue weighted by atomic mass is 9.80. The first kappa shape index (κ1) is 14.2. The fourth-order valence-electron chi connectivity index (χ4n) is 3.08. The average molecular weight is 313 g/mol. The second kappa shape index (κ2) is 5.64. The van der Waals surface area contributed by atoms with Gasteiger partial charge in [0.1, 0.15) is 11.5 Å². The summed E-state index contributed by atoms with van der Waals surface area (Å²) in [5.74, 6) is 1.25. The van der Waals surface area contributed by atoms with E-state index in [1.807, 2.05) is 16.9 Å². The van der Waals surface area contributed by atoms with Crippen molar-refractivity contribution in [2.45, 2.75) is 44.2 Å². The van der Waals surface area contributed by atoms with E-state index in [2.05, 4.69) is 20.4 Å². The maximum atomic E-state index is 12.3. The van der Waals surface area contributed by atoms with Crippen molar-refractivity contribution in [2.75, 3.05) is 0 Å². The van der Waals surface area contributed by atoms with Crippen LogP contribution in [-0.2, 0) is 6.54 Å². The van der Waals surface area contributed by atoms with Gasteiger partial charge in [-0.1, -0.05) is 0 Å². The van der Waals surface area contributed by atoms with E-state index in [0.29, 0.717) is 17.7 Å². The first-order chi connectivity index (χ1) is 11.2. The molecule has 2 saturated carbocycles. The van der Waals surface area contributed by atoms with E-state index in [-0.39, 0.29) is 23.2 Å². The molecule has 2 fully saturated rings.